The summed E-state index contributed by atoms with van der Waals surface area (Å²) in [4.78, 5) is 30.6. The highest BCUT2D eigenvalue weighted by Gasteiger charge is 2.67. The Kier molecular flexibility index (Phi) is 6.42. The van der Waals surface area contributed by atoms with E-state index in [1.807, 2.05) is 5.32 Å². The van der Waals surface area contributed by atoms with Crippen LogP contribution >= 0.6 is 0 Å². The van der Waals surface area contributed by atoms with E-state index in [9.17, 15) is 22.8 Å². The van der Waals surface area contributed by atoms with Crippen molar-refractivity contribution < 1.29 is 32.2 Å². The number of carbonyl (C=O) groups excluding carboxylic acids is 2. The largest absolute Gasteiger partial charge is 0.493 e. The van der Waals surface area contributed by atoms with Crippen LogP contribution < -0.4 is 14.8 Å². The minimum Gasteiger partial charge on any atom is -0.493 e. The maximum absolute atomic E-state index is 14.3. The lowest BCUT2D eigenvalue weighted by Crippen LogP contribution is -2.63. The highest BCUT2D eigenvalue weighted by atomic mass is 19.4. The van der Waals surface area contributed by atoms with E-state index in [-0.39, 0.29) is 23.7 Å². The number of hydrogen-bond acceptors (Lipinski definition) is 5. The van der Waals surface area contributed by atoms with Crippen molar-refractivity contribution in [1.82, 2.24) is 10.2 Å². The number of amidine groups is 1. The van der Waals surface area contributed by atoms with E-state index in [1.54, 1.807) is 37.3 Å². The van der Waals surface area contributed by atoms with Crippen LogP contribution in [0.1, 0.15) is 29.3 Å². The molecule has 170 valence electrons. The summed E-state index contributed by atoms with van der Waals surface area (Å²) in [6, 6.07) is 11.9. The number of aliphatic imine (C=N–C) groups is 1. The van der Waals surface area contributed by atoms with Crippen molar-refractivity contribution in [2.24, 2.45) is 4.99 Å². The van der Waals surface area contributed by atoms with E-state index in [0.717, 1.165) is 4.90 Å². The summed E-state index contributed by atoms with van der Waals surface area (Å²) in [5.74, 6) is -2.20. The fourth-order valence-corrected chi connectivity index (χ4v) is 3.35. The summed E-state index contributed by atoms with van der Waals surface area (Å²) in [6.45, 7) is 1.74. The first-order valence-electron chi connectivity index (χ1n) is 9.77. The third kappa shape index (κ3) is 4.00. The summed E-state index contributed by atoms with van der Waals surface area (Å²) >= 11 is 0. The third-order valence-corrected chi connectivity index (χ3v) is 4.91. The molecule has 10 heteroatoms. The first-order chi connectivity index (χ1) is 15.2. The number of amides is 2. The molecule has 0 saturated heterocycles. The molecule has 32 heavy (non-hydrogen) atoms. The Balaban J connectivity index is 2.08. The highest BCUT2D eigenvalue weighted by Crippen LogP contribution is 2.39. The van der Waals surface area contributed by atoms with E-state index < -0.39 is 23.7 Å². The maximum Gasteiger partial charge on any atom is 0.442 e. The van der Waals surface area contributed by atoms with Gasteiger partial charge in [-0.15, -0.1) is 0 Å². The van der Waals surface area contributed by atoms with Crippen LogP contribution in [0.3, 0.4) is 0 Å². The number of nitrogens with one attached hydrogen (secondary N) is 1. The van der Waals surface area contributed by atoms with E-state index in [4.69, 9.17) is 9.47 Å². The van der Waals surface area contributed by atoms with Crippen molar-refractivity contribution in [2.45, 2.75) is 25.2 Å². The number of nitrogens with zero attached hydrogens (tertiary/aromatic N) is 2. The number of benzene rings is 2. The molecule has 2 aromatic rings. The van der Waals surface area contributed by atoms with Crippen molar-refractivity contribution in [3.8, 4) is 11.5 Å². The predicted molar refractivity (Wildman–Crippen MR) is 111 cm³/mol. The Hall–Kier alpha value is -3.56. The lowest BCUT2D eigenvalue weighted by Gasteiger charge is -2.29. The first kappa shape index (κ1) is 23.1. The molecule has 0 aliphatic carbocycles. The third-order valence-electron chi connectivity index (χ3n) is 4.91. The fourth-order valence-electron chi connectivity index (χ4n) is 3.35. The minimum atomic E-state index is -5.18. The van der Waals surface area contributed by atoms with Gasteiger partial charge in [-0.3, -0.25) is 14.5 Å². The standard InChI is InChI=1S/C22H22F3N3O4/c1-4-12-28-18(14-8-6-5-7-9-14)26-21(20(28)30,22(23,24)25)27-19(29)15-10-11-16(31-2)17(13-15)32-3/h5-11,13H,4,12H2,1-3H3,(H,27,29). The maximum atomic E-state index is 14.3. The second-order valence-electron chi connectivity index (χ2n) is 6.99. The second kappa shape index (κ2) is 8.89. The Bertz CT molecular complexity index is 1040. The summed E-state index contributed by atoms with van der Waals surface area (Å²) in [6.07, 6.45) is -4.78. The lowest BCUT2D eigenvalue weighted by molar-refractivity contribution is -0.196. The average Bonchev–Trinajstić information content (AvgIpc) is 3.06. The van der Waals surface area contributed by atoms with Crippen molar-refractivity contribution in [3.63, 3.8) is 0 Å². The number of halogens is 3. The smallest absolute Gasteiger partial charge is 0.442 e. The second-order valence-corrected chi connectivity index (χ2v) is 6.99. The van der Waals surface area contributed by atoms with Crippen LogP contribution in [-0.4, -0.2) is 55.2 Å². The van der Waals surface area contributed by atoms with Gasteiger partial charge in [0.15, 0.2) is 11.5 Å². The van der Waals surface area contributed by atoms with Crippen LogP contribution in [0.15, 0.2) is 53.5 Å². The molecular formula is C22H22F3N3O4. The molecule has 0 spiro atoms. The van der Waals surface area contributed by atoms with Gasteiger partial charge < -0.3 is 14.8 Å². The predicted octanol–water partition coefficient (Wildman–Crippen LogP) is 3.39. The zero-order chi connectivity index (χ0) is 23.5. The van der Waals surface area contributed by atoms with Crippen LogP contribution in [0, 0.1) is 0 Å². The van der Waals surface area contributed by atoms with Gasteiger partial charge in [0, 0.05) is 17.7 Å². The van der Waals surface area contributed by atoms with Crippen LogP contribution in [0.5, 0.6) is 11.5 Å². The molecule has 1 aliphatic heterocycles. The summed E-state index contributed by atoms with van der Waals surface area (Å²) in [5, 5.41) is 1.84. The quantitative estimate of drug-likeness (QED) is 0.703. The van der Waals surface area contributed by atoms with E-state index in [2.05, 4.69) is 4.99 Å². The van der Waals surface area contributed by atoms with Gasteiger partial charge in [0.1, 0.15) is 5.84 Å². The topological polar surface area (TPSA) is 80.2 Å². The van der Waals surface area contributed by atoms with Gasteiger partial charge in [-0.25, -0.2) is 4.99 Å². The highest BCUT2D eigenvalue weighted by molar-refractivity contribution is 6.16. The fraction of sp³-hybridized carbons (Fsp3) is 0.318. The van der Waals surface area contributed by atoms with Gasteiger partial charge in [0.2, 0.25) is 0 Å². The number of hydrogen-bond donors (Lipinski definition) is 1. The molecule has 7 nitrogen and oxygen atoms in total. The Morgan fingerprint density at radius 3 is 2.31 bits per heavy atom. The van der Waals surface area contributed by atoms with Crippen LogP contribution in [-0.2, 0) is 4.79 Å². The number of ether oxygens (including phenoxy) is 2. The van der Waals surface area contributed by atoms with E-state index in [0.29, 0.717) is 17.7 Å². The lowest BCUT2D eigenvalue weighted by atomic mass is 10.1. The molecule has 0 radical (unpaired) electrons. The molecule has 1 N–H and O–H groups in total. The average molecular weight is 449 g/mol. The number of methoxy groups -OCH3 is 2. The molecule has 0 aromatic heterocycles. The summed E-state index contributed by atoms with van der Waals surface area (Å²) in [7, 11) is 2.71. The molecule has 0 fully saturated rings. The van der Waals surface area contributed by atoms with E-state index in [1.165, 1.54) is 32.4 Å². The molecule has 0 bridgehead atoms. The minimum absolute atomic E-state index is 0.0105. The summed E-state index contributed by atoms with van der Waals surface area (Å²) < 4.78 is 53.1. The van der Waals surface area contributed by atoms with Gasteiger partial charge in [-0.2, -0.15) is 13.2 Å². The molecule has 3 rings (SSSR count). The van der Waals surface area contributed by atoms with Crippen LogP contribution in [0.25, 0.3) is 0 Å². The molecular weight excluding hydrogens is 427 g/mol. The van der Waals surface area contributed by atoms with Gasteiger partial charge >= 0.3 is 11.8 Å². The van der Waals surface area contributed by atoms with Crippen LogP contribution in [0.4, 0.5) is 13.2 Å². The number of alkyl halides is 3. The normalized spacial score (nSPS) is 18.4. The molecule has 1 atom stereocenters. The monoisotopic (exact) mass is 449 g/mol. The van der Waals surface area contributed by atoms with E-state index >= 15 is 0 Å². The summed E-state index contributed by atoms with van der Waals surface area (Å²) in [5.41, 5.74) is -3.26. The Labute approximate surface area is 182 Å². The van der Waals surface area contributed by atoms with Gasteiger partial charge in [-0.1, -0.05) is 37.3 Å². The first-order valence-corrected chi connectivity index (χ1v) is 9.77. The molecule has 1 unspecified atom stereocenters. The van der Waals surface area contributed by atoms with Gasteiger partial charge in [0.25, 0.3) is 11.8 Å². The molecule has 0 saturated carbocycles. The zero-order valence-corrected chi connectivity index (χ0v) is 17.7. The zero-order valence-electron chi connectivity index (χ0n) is 17.7. The SMILES string of the molecule is CCCN1C(=O)C(NC(=O)c2ccc(OC)c(OC)c2)(C(F)(F)F)N=C1c1ccccc1. The number of rotatable bonds is 7. The molecule has 1 aliphatic rings. The molecule has 2 amide bonds. The van der Waals surface area contributed by atoms with Crippen molar-refractivity contribution in [1.29, 1.82) is 0 Å². The van der Waals surface area contributed by atoms with Crippen molar-refractivity contribution in [2.75, 3.05) is 20.8 Å². The Morgan fingerprint density at radius 1 is 1.09 bits per heavy atom. The van der Waals surface area contributed by atoms with Crippen LogP contribution in [0.2, 0.25) is 0 Å². The molecule has 2 aromatic carbocycles. The van der Waals surface area contributed by atoms with Crippen molar-refractivity contribution in [3.05, 3.63) is 59.7 Å². The van der Waals surface area contributed by atoms with Gasteiger partial charge in [-0.05, 0) is 24.6 Å². The molecule has 1 heterocycles. The Morgan fingerprint density at radius 2 is 1.75 bits per heavy atom. The van der Waals surface area contributed by atoms with Gasteiger partial charge in [0.05, 0.1) is 14.2 Å². The van der Waals surface area contributed by atoms with Crippen molar-refractivity contribution >= 4 is 17.6 Å². The number of carbonyl (C=O) groups is 2.